The number of benzene rings is 1. The van der Waals surface area contributed by atoms with E-state index in [9.17, 15) is 9.90 Å². The highest BCUT2D eigenvalue weighted by atomic mass is 16.3. The molecule has 20 heavy (non-hydrogen) atoms. The molecule has 0 spiro atoms. The monoisotopic (exact) mass is 274 g/mol. The maximum Gasteiger partial charge on any atom is 0.254 e. The Balaban J connectivity index is 1.54. The lowest BCUT2D eigenvalue weighted by Crippen LogP contribution is -2.47. The number of para-hydroxylation sites is 1. The van der Waals surface area contributed by atoms with Gasteiger partial charge in [-0.15, -0.1) is 0 Å². The van der Waals surface area contributed by atoms with Gasteiger partial charge in [-0.3, -0.25) is 4.79 Å². The zero-order valence-electron chi connectivity index (χ0n) is 11.9. The van der Waals surface area contributed by atoms with Crippen molar-refractivity contribution in [3.63, 3.8) is 0 Å². The number of carbonyl (C=O) groups is 1. The molecule has 3 rings (SSSR count). The van der Waals surface area contributed by atoms with Crippen molar-refractivity contribution in [3.8, 4) is 0 Å². The molecule has 4 nitrogen and oxygen atoms in total. The highest BCUT2D eigenvalue weighted by Gasteiger charge is 2.50. The second-order valence-electron chi connectivity index (χ2n) is 6.06. The number of amides is 1. The summed E-state index contributed by atoms with van der Waals surface area (Å²) in [7, 11) is 0. The molecular formula is C16H22N2O2. The van der Waals surface area contributed by atoms with Gasteiger partial charge in [-0.2, -0.15) is 0 Å². The van der Waals surface area contributed by atoms with Gasteiger partial charge in [0.1, 0.15) is 5.60 Å². The molecule has 2 aliphatic rings. The molecule has 1 saturated carbocycles. The number of aryl methyl sites for hydroxylation is 1. The SMILES string of the molecule is Cc1ccccc1NC1CCN(C(=O)C2(O)CC2)CC1. The second kappa shape index (κ2) is 5.09. The van der Waals surface area contributed by atoms with E-state index in [4.69, 9.17) is 0 Å². The molecule has 1 aliphatic heterocycles. The molecule has 0 aromatic heterocycles. The quantitative estimate of drug-likeness (QED) is 0.885. The Morgan fingerprint density at radius 2 is 1.95 bits per heavy atom. The van der Waals surface area contributed by atoms with Crippen LogP contribution in [0.5, 0.6) is 0 Å². The molecule has 4 heteroatoms. The van der Waals surface area contributed by atoms with Gasteiger partial charge in [-0.05, 0) is 44.2 Å². The van der Waals surface area contributed by atoms with Crippen molar-refractivity contribution < 1.29 is 9.90 Å². The van der Waals surface area contributed by atoms with Gasteiger partial charge in [0.25, 0.3) is 5.91 Å². The minimum Gasteiger partial charge on any atom is -0.382 e. The van der Waals surface area contributed by atoms with Crippen LogP contribution in [0.15, 0.2) is 24.3 Å². The van der Waals surface area contributed by atoms with E-state index in [2.05, 4.69) is 24.4 Å². The third-order valence-electron chi connectivity index (χ3n) is 4.41. The number of piperidine rings is 1. The van der Waals surface area contributed by atoms with Crippen LogP contribution in [0.2, 0.25) is 0 Å². The van der Waals surface area contributed by atoms with E-state index in [1.165, 1.54) is 11.3 Å². The molecule has 1 heterocycles. The van der Waals surface area contributed by atoms with Crippen LogP contribution in [0.3, 0.4) is 0 Å². The van der Waals surface area contributed by atoms with Gasteiger partial charge < -0.3 is 15.3 Å². The zero-order chi connectivity index (χ0) is 14.2. The van der Waals surface area contributed by atoms with Crippen LogP contribution in [0.1, 0.15) is 31.2 Å². The maximum atomic E-state index is 12.1. The van der Waals surface area contributed by atoms with Crippen molar-refractivity contribution in [1.29, 1.82) is 0 Å². The van der Waals surface area contributed by atoms with Crippen LogP contribution in [-0.2, 0) is 4.79 Å². The number of nitrogens with one attached hydrogen (secondary N) is 1. The van der Waals surface area contributed by atoms with Crippen molar-refractivity contribution in [2.24, 2.45) is 0 Å². The molecule has 1 aliphatic carbocycles. The highest BCUT2D eigenvalue weighted by molar-refractivity contribution is 5.87. The van der Waals surface area contributed by atoms with Gasteiger partial charge in [0, 0.05) is 24.8 Å². The van der Waals surface area contributed by atoms with Crippen LogP contribution in [-0.4, -0.2) is 40.6 Å². The molecule has 0 unspecified atom stereocenters. The predicted molar refractivity (Wildman–Crippen MR) is 78.6 cm³/mol. The fraction of sp³-hybridized carbons (Fsp3) is 0.562. The Morgan fingerprint density at radius 1 is 1.30 bits per heavy atom. The van der Waals surface area contributed by atoms with Gasteiger partial charge in [-0.1, -0.05) is 18.2 Å². The van der Waals surface area contributed by atoms with Crippen molar-refractivity contribution in [3.05, 3.63) is 29.8 Å². The standard InChI is InChI=1S/C16H22N2O2/c1-12-4-2-3-5-14(12)17-13-6-10-18(11-7-13)15(19)16(20)8-9-16/h2-5,13,17,20H,6-11H2,1H3. The van der Waals surface area contributed by atoms with Crippen LogP contribution in [0.4, 0.5) is 5.69 Å². The molecule has 1 aromatic rings. The number of aliphatic hydroxyl groups is 1. The van der Waals surface area contributed by atoms with Crippen LogP contribution in [0, 0.1) is 6.92 Å². The van der Waals surface area contributed by atoms with Crippen molar-refractivity contribution in [2.45, 2.75) is 44.2 Å². The predicted octanol–water partition coefficient (Wildman–Crippen LogP) is 1.92. The number of hydrogen-bond donors (Lipinski definition) is 2. The molecule has 1 amide bonds. The van der Waals surface area contributed by atoms with E-state index in [0.29, 0.717) is 18.9 Å². The summed E-state index contributed by atoms with van der Waals surface area (Å²) in [6, 6.07) is 8.69. The van der Waals surface area contributed by atoms with Crippen LogP contribution < -0.4 is 5.32 Å². The first-order chi connectivity index (χ1) is 9.58. The molecule has 0 bridgehead atoms. The first-order valence-corrected chi connectivity index (χ1v) is 7.42. The Kier molecular flexibility index (Phi) is 3.42. The lowest BCUT2D eigenvalue weighted by atomic mass is 10.0. The van der Waals surface area contributed by atoms with Gasteiger partial charge in [0.15, 0.2) is 0 Å². The molecular weight excluding hydrogens is 252 g/mol. The minimum absolute atomic E-state index is 0.0631. The fourth-order valence-electron chi connectivity index (χ4n) is 2.81. The Bertz CT molecular complexity index is 503. The number of anilines is 1. The van der Waals surface area contributed by atoms with E-state index in [-0.39, 0.29) is 5.91 Å². The van der Waals surface area contributed by atoms with E-state index in [0.717, 1.165) is 25.9 Å². The van der Waals surface area contributed by atoms with E-state index in [1.54, 1.807) is 0 Å². The number of carbonyl (C=O) groups excluding carboxylic acids is 1. The molecule has 2 fully saturated rings. The maximum absolute atomic E-state index is 12.1. The van der Waals surface area contributed by atoms with E-state index < -0.39 is 5.60 Å². The first kappa shape index (κ1) is 13.4. The van der Waals surface area contributed by atoms with E-state index in [1.807, 2.05) is 17.0 Å². The summed E-state index contributed by atoms with van der Waals surface area (Å²) in [6.07, 6.45) is 3.15. The minimum atomic E-state index is -1.02. The third-order valence-corrected chi connectivity index (χ3v) is 4.41. The Labute approximate surface area is 119 Å². The topological polar surface area (TPSA) is 52.6 Å². The van der Waals surface area contributed by atoms with Gasteiger partial charge in [0.05, 0.1) is 0 Å². The van der Waals surface area contributed by atoms with Crippen molar-refractivity contribution in [1.82, 2.24) is 4.90 Å². The zero-order valence-corrected chi connectivity index (χ0v) is 11.9. The van der Waals surface area contributed by atoms with Gasteiger partial charge >= 0.3 is 0 Å². The lowest BCUT2D eigenvalue weighted by molar-refractivity contribution is -0.143. The number of nitrogens with zero attached hydrogens (tertiary/aromatic N) is 1. The molecule has 2 N–H and O–H groups in total. The number of likely N-dealkylation sites (tertiary alicyclic amines) is 1. The lowest BCUT2D eigenvalue weighted by Gasteiger charge is -2.34. The average molecular weight is 274 g/mol. The molecule has 1 saturated heterocycles. The summed E-state index contributed by atoms with van der Waals surface area (Å²) in [4.78, 5) is 13.9. The number of hydrogen-bond acceptors (Lipinski definition) is 3. The van der Waals surface area contributed by atoms with Crippen LogP contribution in [0.25, 0.3) is 0 Å². The van der Waals surface area contributed by atoms with Crippen molar-refractivity contribution in [2.75, 3.05) is 18.4 Å². The summed E-state index contributed by atoms with van der Waals surface area (Å²) < 4.78 is 0. The van der Waals surface area contributed by atoms with Gasteiger partial charge in [0.2, 0.25) is 0 Å². The van der Waals surface area contributed by atoms with Crippen molar-refractivity contribution >= 4 is 11.6 Å². The normalized spacial score (nSPS) is 21.6. The summed E-state index contributed by atoms with van der Waals surface area (Å²) in [6.45, 7) is 3.58. The molecule has 0 atom stereocenters. The summed E-state index contributed by atoms with van der Waals surface area (Å²) in [5, 5.41) is 13.4. The van der Waals surface area contributed by atoms with Gasteiger partial charge in [-0.25, -0.2) is 0 Å². The molecule has 108 valence electrons. The smallest absolute Gasteiger partial charge is 0.254 e. The fourth-order valence-corrected chi connectivity index (χ4v) is 2.81. The average Bonchev–Trinajstić information content (AvgIpc) is 3.21. The molecule has 1 aromatic carbocycles. The third kappa shape index (κ3) is 2.66. The largest absolute Gasteiger partial charge is 0.382 e. The summed E-state index contributed by atoms with van der Waals surface area (Å²) in [5.41, 5.74) is 1.41. The second-order valence-corrected chi connectivity index (χ2v) is 6.06. The highest BCUT2D eigenvalue weighted by Crippen LogP contribution is 2.37. The summed E-state index contributed by atoms with van der Waals surface area (Å²) in [5.74, 6) is -0.0631. The Morgan fingerprint density at radius 3 is 2.55 bits per heavy atom. The number of rotatable bonds is 3. The molecule has 0 radical (unpaired) electrons. The first-order valence-electron chi connectivity index (χ1n) is 7.42. The Hall–Kier alpha value is -1.55. The van der Waals surface area contributed by atoms with Crippen LogP contribution >= 0.6 is 0 Å². The summed E-state index contributed by atoms with van der Waals surface area (Å²) >= 11 is 0. The van der Waals surface area contributed by atoms with E-state index >= 15 is 0 Å².